The SMILES string of the molecule is Cl.O=C1CC(C(=O)Nc2ccc3c(c2)CNCCO3)CN1. The second-order valence-corrected chi connectivity index (χ2v) is 5.04. The van der Waals surface area contributed by atoms with Crippen molar-refractivity contribution < 1.29 is 14.3 Å². The Balaban J connectivity index is 0.00000161. The normalized spacial score (nSPS) is 20.4. The van der Waals surface area contributed by atoms with Crippen LogP contribution < -0.4 is 20.7 Å². The summed E-state index contributed by atoms with van der Waals surface area (Å²) in [5, 5.41) is 8.78. The molecule has 2 heterocycles. The van der Waals surface area contributed by atoms with Crippen molar-refractivity contribution in [3.8, 4) is 5.75 Å². The third-order valence-electron chi connectivity index (χ3n) is 3.53. The number of hydrogen-bond donors (Lipinski definition) is 3. The Labute approximate surface area is 129 Å². The molecule has 2 aliphatic rings. The van der Waals surface area contributed by atoms with Crippen molar-refractivity contribution in [3.63, 3.8) is 0 Å². The molecule has 1 unspecified atom stereocenters. The number of fused-ring (bicyclic) bond motifs is 1. The fourth-order valence-electron chi connectivity index (χ4n) is 2.43. The topological polar surface area (TPSA) is 79.5 Å². The number of nitrogens with one attached hydrogen (secondary N) is 3. The standard InChI is InChI=1S/C14H17N3O3.ClH/c18-13-6-10(8-16-13)14(19)17-11-1-2-12-9(5-11)7-15-3-4-20-12;/h1-2,5,10,15H,3-4,6-8H2,(H,16,18)(H,17,19);1H. The Hall–Kier alpha value is -1.79. The van der Waals surface area contributed by atoms with E-state index in [9.17, 15) is 9.59 Å². The number of benzene rings is 1. The highest BCUT2D eigenvalue weighted by Crippen LogP contribution is 2.24. The predicted octanol–water partition coefficient (Wildman–Crippen LogP) is 0.665. The predicted molar refractivity (Wildman–Crippen MR) is 80.6 cm³/mol. The molecule has 1 atom stereocenters. The van der Waals surface area contributed by atoms with E-state index in [4.69, 9.17) is 4.74 Å². The minimum absolute atomic E-state index is 0. The number of carbonyl (C=O) groups is 2. The monoisotopic (exact) mass is 311 g/mol. The molecular weight excluding hydrogens is 294 g/mol. The van der Waals surface area contributed by atoms with Crippen molar-refractivity contribution in [2.75, 3.05) is 25.0 Å². The summed E-state index contributed by atoms with van der Waals surface area (Å²) in [5.41, 5.74) is 1.77. The van der Waals surface area contributed by atoms with E-state index in [1.54, 1.807) is 0 Å². The summed E-state index contributed by atoms with van der Waals surface area (Å²) >= 11 is 0. The van der Waals surface area contributed by atoms with Gasteiger partial charge in [-0.05, 0) is 18.2 Å². The molecule has 3 rings (SSSR count). The van der Waals surface area contributed by atoms with Crippen LogP contribution in [0.3, 0.4) is 0 Å². The van der Waals surface area contributed by atoms with Crippen LogP contribution in [0.4, 0.5) is 5.69 Å². The fraction of sp³-hybridized carbons (Fsp3) is 0.429. The zero-order valence-corrected chi connectivity index (χ0v) is 12.3. The molecule has 0 spiro atoms. The molecule has 0 saturated carbocycles. The highest BCUT2D eigenvalue weighted by atomic mass is 35.5. The molecule has 1 saturated heterocycles. The number of ether oxygens (including phenoxy) is 1. The maximum absolute atomic E-state index is 12.0. The Bertz CT molecular complexity index is 550. The summed E-state index contributed by atoms with van der Waals surface area (Å²) in [4.78, 5) is 23.2. The average Bonchev–Trinajstić information content (AvgIpc) is 2.74. The maximum atomic E-state index is 12.0. The third-order valence-corrected chi connectivity index (χ3v) is 3.53. The molecule has 1 aromatic rings. The number of anilines is 1. The molecule has 2 aliphatic heterocycles. The first-order chi connectivity index (χ1) is 9.72. The summed E-state index contributed by atoms with van der Waals surface area (Å²) in [6, 6.07) is 5.61. The summed E-state index contributed by atoms with van der Waals surface area (Å²) in [7, 11) is 0. The summed E-state index contributed by atoms with van der Waals surface area (Å²) < 4.78 is 5.59. The van der Waals surface area contributed by atoms with Gasteiger partial charge in [0.15, 0.2) is 0 Å². The van der Waals surface area contributed by atoms with Crippen LogP contribution in [0.25, 0.3) is 0 Å². The lowest BCUT2D eigenvalue weighted by molar-refractivity contribution is -0.123. The van der Waals surface area contributed by atoms with Crippen LogP contribution in [0.5, 0.6) is 5.75 Å². The van der Waals surface area contributed by atoms with Gasteiger partial charge in [0, 0.05) is 37.3 Å². The Kier molecular flexibility index (Phi) is 5.03. The molecule has 6 nitrogen and oxygen atoms in total. The van der Waals surface area contributed by atoms with Crippen molar-refractivity contribution >= 4 is 29.9 Å². The van der Waals surface area contributed by atoms with Crippen LogP contribution in [-0.2, 0) is 16.1 Å². The van der Waals surface area contributed by atoms with Gasteiger partial charge in [0.05, 0.1) is 5.92 Å². The molecule has 0 aromatic heterocycles. The highest BCUT2D eigenvalue weighted by Gasteiger charge is 2.28. The van der Waals surface area contributed by atoms with E-state index >= 15 is 0 Å². The zero-order valence-electron chi connectivity index (χ0n) is 11.5. The molecule has 114 valence electrons. The lowest BCUT2D eigenvalue weighted by Gasteiger charge is -2.12. The first-order valence-corrected chi connectivity index (χ1v) is 6.76. The van der Waals surface area contributed by atoms with Gasteiger partial charge in [-0.25, -0.2) is 0 Å². The van der Waals surface area contributed by atoms with Gasteiger partial charge in [0.25, 0.3) is 0 Å². The number of amides is 2. The van der Waals surface area contributed by atoms with Crippen LogP contribution in [0, 0.1) is 5.92 Å². The number of halogens is 1. The number of hydrogen-bond acceptors (Lipinski definition) is 4. The van der Waals surface area contributed by atoms with E-state index in [0.29, 0.717) is 13.2 Å². The Morgan fingerprint density at radius 2 is 2.24 bits per heavy atom. The average molecular weight is 312 g/mol. The molecule has 2 amide bonds. The van der Waals surface area contributed by atoms with E-state index in [0.717, 1.165) is 30.1 Å². The maximum Gasteiger partial charge on any atom is 0.229 e. The van der Waals surface area contributed by atoms with Crippen LogP contribution in [0.1, 0.15) is 12.0 Å². The van der Waals surface area contributed by atoms with E-state index < -0.39 is 0 Å². The fourth-order valence-corrected chi connectivity index (χ4v) is 2.43. The second kappa shape index (κ2) is 6.78. The minimum Gasteiger partial charge on any atom is -0.492 e. The lowest BCUT2D eigenvalue weighted by atomic mass is 10.1. The van der Waals surface area contributed by atoms with Crippen molar-refractivity contribution in [2.45, 2.75) is 13.0 Å². The summed E-state index contributed by atoms with van der Waals surface area (Å²) in [5.74, 6) is 0.386. The summed E-state index contributed by atoms with van der Waals surface area (Å²) in [6.45, 7) is 2.60. The quantitative estimate of drug-likeness (QED) is 0.750. The van der Waals surface area contributed by atoms with Gasteiger partial charge >= 0.3 is 0 Å². The van der Waals surface area contributed by atoms with Crippen LogP contribution in [-0.4, -0.2) is 31.5 Å². The van der Waals surface area contributed by atoms with Gasteiger partial charge in [-0.1, -0.05) is 0 Å². The molecule has 21 heavy (non-hydrogen) atoms. The smallest absolute Gasteiger partial charge is 0.229 e. The molecule has 1 aromatic carbocycles. The first-order valence-electron chi connectivity index (χ1n) is 6.76. The molecule has 3 N–H and O–H groups in total. The molecule has 0 aliphatic carbocycles. The minimum atomic E-state index is -0.282. The highest BCUT2D eigenvalue weighted by molar-refractivity contribution is 5.97. The zero-order chi connectivity index (χ0) is 13.9. The largest absolute Gasteiger partial charge is 0.492 e. The first kappa shape index (κ1) is 15.6. The van der Waals surface area contributed by atoms with Crippen molar-refractivity contribution in [1.29, 1.82) is 0 Å². The molecular formula is C14H18ClN3O3. The number of rotatable bonds is 2. The number of carbonyl (C=O) groups excluding carboxylic acids is 2. The Morgan fingerprint density at radius 3 is 3.00 bits per heavy atom. The molecule has 1 fully saturated rings. The van der Waals surface area contributed by atoms with Crippen molar-refractivity contribution in [3.05, 3.63) is 23.8 Å². The molecule has 0 bridgehead atoms. The van der Waals surface area contributed by atoms with Crippen molar-refractivity contribution in [2.24, 2.45) is 5.92 Å². The van der Waals surface area contributed by atoms with Gasteiger partial charge in [-0.15, -0.1) is 12.4 Å². The van der Waals surface area contributed by atoms with Crippen LogP contribution >= 0.6 is 12.4 Å². The second-order valence-electron chi connectivity index (χ2n) is 5.04. The molecule has 7 heteroatoms. The van der Waals surface area contributed by atoms with Gasteiger partial charge < -0.3 is 20.7 Å². The van der Waals surface area contributed by atoms with E-state index in [1.807, 2.05) is 18.2 Å². The van der Waals surface area contributed by atoms with E-state index in [1.165, 1.54) is 0 Å². The van der Waals surface area contributed by atoms with Gasteiger partial charge in [0.1, 0.15) is 12.4 Å². The molecule has 0 radical (unpaired) electrons. The van der Waals surface area contributed by atoms with Gasteiger partial charge in [-0.2, -0.15) is 0 Å². The summed E-state index contributed by atoms with van der Waals surface area (Å²) in [6.07, 6.45) is 0.265. The van der Waals surface area contributed by atoms with Crippen molar-refractivity contribution in [1.82, 2.24) is 10.6 Å². The van der Waals surface area contributed by atoms with Crippen LogP contribution in [0.2, 0.25) is 0 Å². The van der Waals surface area contributed by atoms with E-state index in [-0.39, 0.29) is 36.6 Å². The van der Waals surface area contributed by atoms with Crippen LogP contribution in [0.15, 0.2) is 18.2 Å². The van der Waals surface area contributed by atoms with E-state index in [2.05, 4.69) is 16.0 Å². The Morgan fingerprint density at radius 1 is 1.38 bits per heavy atom. The lowest BCUT2D eigenvalue weighted by Crippen LogP contribution is -2.24. The third kappa shape index (κ3) is 3.65. The van der Waals surface area contributed by atoms with Gasteiger partial charge in [0.2, 0.25) is 11.8 Å². The van der Waals surface area contributed by atoms with Gasteiger partial charge in [-0.3, -0.25) is 9.59 Å².